The average molecular weight is 429 g/mol. The van der Waals surface area contributed by atoms with Gasteiger partial charge in [-0.2, -0.15) is 0 Å². The van der Waals surface area contributed by atoms with Gasteiger partial charge in [0.25, 0.3) is 0 Å². The van der Waals surface area contributed by atoms with Crippen LogP contribution in [-0.4, -0.2) is 27.7 Å². The number of carbonyl (C=O) groups is 1. The monoisotopic (exact) mass is 428 g/mol. The summed E-state index contributed by atoms with van der Waals surface area (Å²) in [6, 6.07) is 0. The lowest BCUT2D eigenvalue weighted by molar-refractivity contribution is -0.180. The van der Waals surface area contributed by atoms with E-state index in [2.05, 4.69) is 53.7 Å². The second-order valence-electron chi connectivity index (χ2n) is 12.4. The summed E-state index contributed by atoms with van der Waals surface area (Å²) in [7, 11) is 0. The molecule has 0 aromatic heterocycles. The van der Waals surface area contributed by atoms with E-state index >= 15 is 0 Å². The molecule has 3 saturated carbocycles. The van der Waals surface area contributed by atoms with Crippen molar-refractivity contribution in [3.63, 3.8) is 0 Å². The third kappa shape index (κ3) is 3.41. The number of ketones is 1. The molecule has 0 aromatic carbocycles. The summed E-state index contributed by atoms with van der Waals surface area (Å²) in [5.74, 6) is 3.03. The zero-order valence-corrected chi connectivity index (χ0v) is 20.5. The van der Waals surface area contributed by atoms with E-state index < -0.39 is 17.1 Å². The van der Waals surface area contributed by atoms with E-state index in [1.54, 1.807) is 0 Å². The maximum atomic E-state index is 13.3. The van der Waals surface area contributed by atoms with Gasteiger partial charge >= 0.3 is 0 Å². The molecule has 0 radical (unpaired) electrons. The fourth-order valence-electron chi connectivity index (χ4n) is 7.96. The van der Waals surface area contributed by atoms with Crippen molar-refractivity contribution in [1.82, 2.24) is 0 Å². The standard InChI is InChI=1S/C28H44O3/c1-17(2)18(3)7-8-19(4)22-9-10-23-21-15-25(30)28(31)16-20(29)11-14-27(28,6)24(21)12-13-26(22,23)5/h7-8,15,17-20,22-24,29,31H,9-14,16H2,1-6H3/b8-7+/t18-,19+,20+,22-,23+,24+,26+,27-,28+/m0/s1. The Morgan fingerprint density at radius 1 is 1.00 bits per heavy atom. The van der Waals surface area contributed by atoms with Gasteiger partial charge in [-0.15, -0.1) is 0 Å². The summed E-state index contributed by atoms with van der Waals surface area (Å²) in [6.45, 7) is 13.9. The van der Waals surface area contributed by atoms with Crippen LogP contribution in [0.1, 0.15) is 86.5 Å². The Bertz CT molecular complexity index is 781. The highest BCUT2D eigenvalue weighted by molar-refractivity contribution is 5.99. The van der Waals surface area contributed by atoms with E-state index in [1.807, 2.05) is 6.08 Å². The van der Waals surface area contributed by atoms with Crippen LogP contribution in [-0.2, 0) is 4.79 Å². The number of hydrogen-bond donors (Lipinski definition) is 2. The molecule has 4 aliphatic rings. The number of aliphatic hydroxyl groups excluding tert-OH is 1. The quantitative estimate of drug-likeness (QED) is 0.564. The molecule has 0 aliphatic heterocycles. The Hall–Kier alpha value is -0.930. The van der Waals surface area contributed by atoms with Gasteiger partial charge in [0, 0.05) is 11.8 Å². The normalized spacial score (nSPS) is 47.0. The molecule has 0 amide bonds. The Morgan fingerprint density at radius 3 is 2.39 bits per heavy atom. The van der Waals surface area contributed by atoms with Gasteiger partial charge in [-0.1, -0.05) is 59.3 Å². The number of aliphatic hydroxyl groups is 2. The van der Waals surface area contributed by atoms with Crippen LogP contribution in [0, 0.1) is 46.3 Å². The second kappa shape index (κ2) is 7.83. The number of hydrogen-bond acceptors (Lipinski definition) is 3. The summed E-state index contributed by atoms with van der Waals surface area (Å²) in [5.41, 5.74) is -0.275. The highest BCUT2D eigenvalue weighted by Crippen LogP contribution is 2.67. The number of fused-ring (bicyclic) bond motifs is 5. The van der Waals surface area contributed by atoms with Crippen molar-refractivity contribution >= 4 is 5.78 Å². The maximum absolute atomic E-state index is 13.3. The molecule has 0 heterocycles. The van der Waals surface area contributed by atoms with Crippen LogP contribution in [0.5, 0.6) is 0 Å². The summed E-state index contributed by atoms with van der Waals surface area (Å²) >= 11 is 0. The molecular formula is C28H44O3. The zero-order chi connectivity index (χ0) is 22.8. The molecule has 0 unspecified atom stereocenters. The van der Waals surface area contributed by atoms with Gasteiger partial charge in [0.1, 0.15) is 5.60 Å². The van der Waals surface area contributed by atoms with Crippen molar-refractivity contribution in [3.8, 4) is 0 Å². The number of allylic oxidation sites excluding steroid dienone is 3. The first-order chi connectivity index (χ1) is 14.4. The fourth-order valence-corrected chi connectivity index (χ4v) is 7.96. The zero-order valence-electron chi connectivity index (χ0n) is 20.5. The highest BCUT2D eigenvalue weighted by Gasteiger charge is 2.65. The van der Waals surface area contributed by atoms with Gasteiger partial charge in [-0.25, -0.2) is 0 Å². The van der Waals surface area contributed by atoms with Crippen LogP contribution in [0.4, 0.5) is 0 Å². The minimum atomic E-state index is -1.40. The lowest BCUT2D eigenvalue weighted by Crippen LogP contribution is -2.64. The minimum Gasteiger partial charge on any atom is -0.393 e. The SMILES string of the molecule is CC(C)[C@@H](C)/C=C/[C@@H](C)[C@@H]1CC[C@@H]2C3=CC(=O)[C@]4(O)C[C@H](O)CC[C@@]4(C)[C@@H]3CC[C@@]21C. The molecule has 31 heavy (non-hydrogen) atoms. The minimum absolute atomic E-state index is 0.147. The smallest absolute Gasteiger partial charge is 0.187 e. The molecule has 3 heteroatoms. The van der Waals surface area contributed by atoms with Gasteiger partial charge in [0.15, 0.2) is 5.78 Å². The first-order valence-electron chi connectivity index (χ1n) is 12.8. The van der Waals surface area contributed by atoms with E-state index in [1.165, 1.54) is 18.4 Å². The predicted molar refractivity (Wildman–Crippen MR) is 125 cm³/mol. The van der Waals surface area contributed by atoms with Crippen LogP contribution < -0.4 is 0 Å². The molecule has 4 rings (SSSR count). The van der Waals surface area contributed by atoms with Crippen LogP contribution in [0.2, 0.25) is 0 Å². The van der Waals surface area contributed by atoms with Crippen molar-refractivity contribution < 1.29 is 15.0 Å². The topological polar surface area (TPSA) is 57.5 Å². The Kier molecular flexibility index (Phi) is 5.87. The number of carbonyl (C=O) groups excluding carboxylic acids is 1. The summed E-state index contributed by atoms with van der Waals surface area (Å²) in [4.78, 5) is 13.3. The van der Waals surface area contributed by atoms with E-state index in [-0.39, 0.29) is 23.5 Å². The molecule has 0 spiro atoms. The first kappa shape index (κ1) is 23.2. The molecule has 174 valence electrons. The Labute approximate surface area is 189 Å². The summed E-state index contributed by atoms with van der Waals surface area (Å²) in [5, 5.41) is 21.7. The maximum Gasteiger partial charge on any atom is 0.187 e. The molecule has 2 N–H and O–H groups in total. The van der Waals surface area contributed by atoms with Gasteiger partial charge < -0.3 is 10.2 Å². The largest absolute Gasteiger partial charge is 0.393 e. The first-order valence-corrected chi connectivity index (χ1v) is 12.8. The van der Waals surface area contributed by atoms with Crippen molar-refractivity contribution in [2.45, 2.75) is 98.2 Å². The lowest BCUT2D eigenvalue weighted by Gasteiger charge is -2.59. The van der Waals surface area contributed by atoms with Crippen molar-refractivity contribution in [2.75, 3.05) is 0 Å². The summed E-state index contributed by atoms with van der Waals surface area (Å²) < 4.78 is 0. The third-order valence-electron chi connectivity index (χ3n) is 10.5. The van der Waals surface area contributed by atoms with Crippen LogP contribution >= 0.6 is 0 Å². The van der Waals surface area contributed by atoms with Crippen molar-refractivity contribution in [3.05, 3.63) is 23.8 Å². The Morgan fingerprint density at radius 2 is 1.71 bits per heavy atom. The van der Waals surface area contributed by atoms with Crippen molar-refractivity contribution in [1.29, 1.82) is 0 Å². The molecule has 9 atom stereocenters. The fraction of sp³-hybridized carbons (Fsp3) is 0.821. The molecular weight excluding hydrogens is 384 g/mol. The second-order valence-corrected chi connectivity index (χ2v) is 12.4. The summed E-state index contributed by atoms with van der Waals surface area (Å²) in [6.07, 6.45) is 12.4. The molecule has 0 saturated heterocycles. The third-order valence-corrected chi connectivity index (χ3v) is 10.5. The van der Waals surface area contributed by atoms with E-state index in [4.69, 9.17) is 0 Å². The molecule has 0 aromatic rings. The van der Waals surface area contributed by atoms with Crippen LogP contribution in [0.3, 0.4) is 0 Å². The van der Waals surface area contributed by atoms with Crippen LogP contribution in [0.15, 0.2) is 23.8 Å². The van der Waals surface area contributed by atoms with Gasteiger partial charge in [0.05, 0.1) is 6.10 Å². The predicted octanol–water partition coefficient (Wildman–Crippen LogP) is 5.70. The van der Waals surface area contributed by atoms with E-state index in [0.717, 1.165) is 19.3 Å². The lowest BCUT2D eigenvalue weighted by atomic mass is 9.46. The van der Waals surface area contributed by atoms with E-state index in [9.17, 15) is 15.0 Å². The number of rotatable bonds is 4. The van der Waals surface area contributed by atoms with Gasteiger partial charge in [-0.3, -0.25) is 4.79 Å². The van der Waals surface area contributed by atoms with Gasteiger partial charge in [-0.05, 0) is 85.5 Å². The average Bonchev–Trinajstić information content (AvgIpc) is 3.05. The van der Waals surface area contributed by atoms with E-state index in [0.29, 0.717) is 36.0 Å². The molecule has 0 bridgehead atoms. The molecule has 3 fully saturated rings. The highest BCUT2D eigenvalue weighted by atomic mass is 16.3. The van der Waals surface area contributed by atoms with Gasteiger partial charge in [0.2, 0.25) is 0 Å². The molecule has 3 nitrogen and oxygen atoms in total. The van der Waals surface area contributed by atoms with Crippen LogP contribution in [0.25, 0.3) is 0 Å². The van der Waals surface area contributed by atoms with Crippen molar-refractivity contribution in [2.24, 2.45) is 46.3 Å². The Balaban J connectivity index is 1.62. The molecule has 4 aliphatic carbocycles.